The summed E-state index contributed by atoms with van der Waals surface area (Å²) in [7, 11) is 4.03. The van der Waals surface area contributed by atoms with Gasteiger partial charge < -0.3 is 14.6 Å². The number of pyridine rings is 2. The maximum Gasteiger partial charge on any atom is 0.161 e. The first-order valence-corrected chi connectivity index (χ1v) is 12.6. The lowest BCUT2D eigenvalue weighted by molar-refractivity contribution is 0.261. The Kier molecular flexibility index (Phi) is 5.88. The zero-order valence-electron chi connectivity index (χ0n) is 19.6. The van der Waals surface area contributed by atoms with Crippen LogP contribution in [-0.4, -0.2) is 62.3 Å². The highest BCUT2D eigenvalue weighted by Gasteiger charge is 2.17. The predicted octanol–water partition coefficient (Wildman–Crippen LogP) is 5.89. The molecule has 6 aromatic rings. The Hall–Kier alpha value is -3.79. The molecule has 10 heteroatoms. The normalized spacial score (nSPS) is 11.7. The molecule has 0 bridgehead atoms. The summed E-state index contributed by atoms with van der Waals surface area (Å²) in [6.07, 6.45) is 3.50. The number of hydrogen-bond donors (Lipinski definition) is 2. The lowest BCUT2D eigenvalue weighted by atomic mass is 10.1. The highest BCUT2D eigenvalue weighted by Crippen LogP contribution is 2.36. The van der Waals surface area contributed by atoms with Gasteiger partial charge in [0.1, 0.15) is 17.9 Å². The van der Waals surface area contributed by atoms with E-state index < -0.39 is 0 Å². The number of likely N-dealkylation sites (N-methyl/N-ethyl adjacent to an activating group) is 1. The average Bonchev–Trinajstić information content (AvgIpc) is 3.61. The van der Waals surface area contributed by atoms with Crippen LogP contribution in [-0.2, 0) is 0 Å². The fraction of sp³-hybridized carbons (Fsp3) is 0.154. The number of hydrogen-bond acceptors (Lipinski definition) is 7. The summed E-state index contributed by atoms with van der Waals surface area (Å²) >= 11 is 7.71. The van der Waals surface area contributed by atoms with Crippen molar-refractivity contribution in [3.05, 3.63) is 65.3 Å². The van der Waals surface area contributed by atoms with Crippen molar-refractivity contribution in [2.75, 3.05) is 27.2 Å². The number of rotatable bonds is 7. The second kappa shape index (κ2) is 9.34. The van der Waals surface area contributed by atoms with Crippen molar-refractivity contribution < 1.29 is 4.74 Å². The number of para-hydroxylation sites is 1. The molecule has 0 aliphatic carbocycles. The van der Waals surface area contributed by atoms with Crippen molar-refractivity contribution in [1.29, 1.82) is 0 Å². The van der Waals surface area contributed by atoms with Crippen LogP contribution in [0.2, 0.25) is 4.34 Å². The number of aromatic nitrogens is 6. The van der Waals surface area contributed by atoms with E-state index in [0.29, 0.717) is 23.9 Å². The van der Waals surface area contributed by atoms with Gasteiger partial charge in [-0.2, -0.15) is 5.10 Å². The summed E-state index contributed by atoms with van der Waals surface area (Å²) in [5.74, 6) is 1.36. The lowest BCUT2D eigenvalue weighted by Crippen LogP contribution is -2.19. The molecule has 2 N–H and O–H groups in total. The summed E-state index contributed by atoms with van der Waals surface area (Å²) in [5, 5.41) is 7.61. The largest absolute Gasteiger partial charge is 0.491 e. The van der Waals surface area contributed by atoms with Crippen LogP contribution in [0.4, 0.5) is 0 Å². The molecule has 0 saturated heterocycles. The summed E-state index contributed by atoms with van der Waals surface area (Å²) in [6, 6.07) is 15.8. The van der Waals surface area contributed by atoms with Crippen LogP contribution >= 0.6 is 22.9 Å². The average molecular weight is 516 g/mol. The monoisotopic (exact) mass is 515 g/mol. The molecule has 0 fully saturated rings. The van der Waals surface area contributed by atoms with Crippen LogP contribution in [0, 0.1) is 0 Å². The molecule has 0 atom stereocenters. The zero-order chi connectivity index (χ0) is 24.6. The fourth-order valence-corrected chi connectivity index (χ4v) is 5.08. The molecule has 1 aromatic carbocycles. The number of benzene rings is 1. The van der Waals surface area contributed by atoms with Gasteiger partial charge in [-0.3, -0.25) is 10.1 Å². The van der Waals surface area contributed by atoms with Gasteiger partial charge in [0.25, 0.3) is 0 Å². The van der Waals surface area contributed by atoms with Gasteiger partial charge in [0.15, 0.2) is 11.5 Å². The second-order valence-electron chi connectivity index (χ2n) is 8.62. The molecular formula is C26H22ClN7OS. The quantitative estimate of drug-likeness (QED) is 0.275. The van der Waals surface area contributed by atoms with Crippen LogP contribution in [0.5, 0.6) is 5.75 Å². The molecule has 5 heterocycles. The van der Waals surface area contributed by atoms with Gasteiger partial charge >= 0.3 is 0 Å². The van der Waals surface area contributed by atoms with Crippen LogP contribution in [0.15, 0.2) is 60.9 Å². The molecular weight excluding hydrogens is 494 g/mol. The van der Waals surface area contributed by atoms with Gasteiger partial charge in [-0.05, 0) is 50.5 Å². The molecule has 0 aliphatic rings. The fourth-order valence-electron chi connectivity index (χ4n) is 4.01. The Balaban J connectivity index is 1.37. The molecule has 8 nitrogen and oxygen atoms in total. The Morgan fingerprint density at radius 3 is 2.75 bits per heavy atom. The third-order valence-electron chi connectivity index (χ3n) is 5.80. The minimum atomic E-state index is 0.586. The number of H-pyrrole nitrogens is 2. The van der Waals surface area contributed by atoms with E-state index in [1.54, 1.807) is 12.4 Å². The smallest absolute Gasteiger partial charge is 0.161 e. The molecule has 0 amide bonds. The number of thiophene rings is 1. The van der Waals surface area contributed by atoms with Crippen molar-refractivity contribution in [2.45, 2.75) is 0 Å². The van der Waals surface area contributed by atoms with E-state index in [9.17, 15) is 0 Å². The first-order valence-electron chi connectivity index (χ1n) is 11.4. The summed E-state index contributed by atoms with van der Waals surface area (Å²) in [4.78, 5) is 20.7. The first-order chi connectivity index (χ1) is 17.5. The number of halogens is 1. The van der Waals surface area contributed by atoms with E-state index in [2.05, 4.69) is 31.1 Å². The van der Waals surface area contributed by atoms with Crippen molar-refractivity contribution in [1.82, 2.24) is 35.0 Å². The van der Waals surface area contributed by atoms with Gasteiger partial charge in [0, 0.05) is 28.7 Å². The third kappa shape index (κ3) is 4.32. The van der Waals surface area contributed by atoms with Crippen molar-refractivity contribution in [3.8, 4) is 39.0 Å². The van der Waals surface area contributed by atoms with Crippen molar-refractivity contribution in [3.63, 3.8) is 0 Å². The number of imidazole rings is 1. The second-order valence-corrected chi connectivity index (χ2v) is 10.3. The minimum Gasteiger partial charge on any atom is -0.491 e. The maximum absolute atomic E-state index is 6.18. The SMILES string of the molecule is CN(C)CCOc1cncc(-c2ccc3[nH]nc(-c4nc5c(-c6ccc(Cl)s6)cccc5[nH]4)c3n2)c1. The standard InChI is InChI=1S/C26H22ClN7OS/c1-34(2)10-11-35-16-12-15(13-28-14-16)18-6-7-20-24(29-18)25(33-32-20)26-30-19-5-3-4-17(23(19)31-26)21-8-9-22(27)36-21/h3-9,12-14H,10-11H2,1-2H3,(H,30,31)(H,32,33). The van der Waals surface area contributed by atoms with E-state index in [-0.39, 0.29) is 0 Å². The summed E-state index contributed by atoms with van der Waals surface area (Å²) in [6.45, 7) is 1.41. The molecule has 0 unspecified atom stereocenters. The molecule has 0 aliphatic heterocycles. The minimum absolute atomic E-state index is 0.586. The van der Waals surface area contributed by atoms with Gasteiger partial charge in [-0.15, -0.1) is 11.3 Å². The topological polar surface area (TPSA) is 95.6 Å². The first kappa shape index (κ1) is 22.7. The van der Waals surface area contributed by atoms with Crippen LogP contribution < -0.4 is 4.74 Å². The highest BCUT2D eigenvalue weighted by atomic mass is 35.5. The molecule has 0 spiro atoms. The van der Waals surface area contributed by atoms with E-state index in [1.165, 1.54) is 11.3 Å². The van der Waals surface area contributed by atoms with E-state index in [0.717, 1.165) is 54.6 Å². The van der Waals surface area contributed by atoms with Crippen LogP contribution in [0.3, 0.4) is 0 Å². The molecule has 36 heavy (non-hydrogen) atoms. The van der Waals surface area contributed by atoms with Gasteiger partial charge in [-0.1, -0.05) is 23.7 Å². The third-order valence-corrected chi connectivity index (χ3v) is 7.06. The van der Waals surface area contributed by atoms with Crippen molar-refractivity contribution in [2.24, 2.45) is 0 Å². The zero-order valence-corrected chi connectivity index (χ0v) is 21.2. The summed E-state index contributed by atoms with van der Waals surface area (Å²) in [5.41, 5.74) is 6.67. The summed E-state index contributed by atoms with van der Waals surface area (Å²) < 4.78 is 6.60. The van der Waals surface area contributed by atoms with E-state index in [1.807, 2.05) is 56.6 Å². The number of nitrogens with zero attached hydrogens (tertiary/aromatic N) is 5. The van der Waals surface area contributed by atoms with E-state index >= 15 is 0 Å². The van der Waals surface area contributed by atoms with E-state index in [4.69, 9.17) is 26.3 Å². The van der Waals surface area contributed by atoms with Crippen LogP contribution in [0.1, 0.15) is 0 Å². The molecule has 6 rings (SSSR count). The number of nitrogens with one attached hydrogen (secondary N) is 2. The Labute approximate surface area is 216 Å². The Morgan fingerprint density at radius 1 is 1.00 bits per heavy atom. The van der Waals surface area contributed by atoms with Gasteiger partial charge in [0.05, 0.1) is 32.8 Å². The number of aromatic amines is 2. The van der Waals surface area contributed by atoms with Gasteiger partial charge in [-0.25, -0.2) is 9.97 Å². The molecule has 0 saturated carbocycles. The number of ether oxygens (including phenoxy) is 1. The maximum atomic E-state index is 6.18. The predicted molar refractivity (Wildman–Crippen MR) is 145 cm³/mol. The molecule has 180 valence electrons. The Bertz CT molecular complexity index is 1690. The van der Waals surface area contributed by atoms with Gasteiger partial charge in [0.2, 0.25) is 0 Å². The lowest BCUT2D eigenvalue weighted by Gasteiger charge is -2.11. The molecule has 5 aromatic heterocycles. The highest BCUT2D eigenvalue weighted by molar-refractivity contribution is 7.19. The van der Waals surface area contributed by atoms with Crippen molar-refractivity contribution >= 4 is 45.0 Å². The Morgan fingerprint density at radius 2 is 1.92 bits per heavy atom. The number of fused-ring (bicyclic) bond motifs is 2. The molecule has 0 radical (unpaired) electrons. The van der Waals surface area contributed by atoms with Crippen LogP contribution in [0.25, 0.3) is 55.3 Å².